The highest BCUT2D eigenvalue weighted by atomic mass is 35.5. The summed E-state index contributed by atoms with van der Waals surface area (Å²) in [5.74, 6) is 0.791. The third-order valence-electron chi connectivity index (χ3n) is 3.25. The first-order valence-electron chi connectivity index (χ1n) is 6.49. The van der Waals surface area contributed by atoms with Crippen molar-refractivity contribution in [2.45, 2.75) is 45.8 Å². The Morgan fingerprint density at radius 2 is 1.71 bits per heavy atom. The van der Waals surface area contributed by atoms with Gasteiger partial charge >= 0.3 is 0 Å². The Kier molecular flexibility index (Phi) is 5.27. The summed E-state index contributed by atoms with van der Waals surface area (Å²) >= 11 is 5.89. The molecular formula is C15H25ClSi. The van der Waals surface area contributed by atoms with Crippen LogP contribution >= 0.6 is 11.6 Å². The largest absolute Gasteiger partial charge is 0.127 e. The minimum Gasteiger partial charge on any atom is -0.127 e. The molecule has 17 heavy (non-hydrogen) atoms. The lowest BCUT2D eigenvalue weighted by atomic mass is 10.0. The summed E-state index contributed by atoms with van der Waals surface area (Å²) < 4.78 is 0. The molecule has 2 heteroatoms. The number of hydrogen-bond donors (Lipinski definition) is 0. The van der Waals surface area contributed by atoms with Crippen LogP contribution in [0.4, 0.5) is 0 Å². The van der Waals surface area contributed by atoms with Gasteiger partial charge in [0.15, 0.2) is 0 Å². The van der Waals surface area contributed by atoms with E-state index in [0.29, 0.717) is 5.41 Å². The van der Waals surface area contributed by atoms with Crippen LogP contribution in [0.5, 0.6) is 0 Å². The van der Waals surface area contributed by atoms with Gasteiger partial charge in [-0.3, -0.25) is 0 Å². The van der Waals surface area contributed by atoms with Crippen LogP contribution in [0.2, 0.25) is 18.6 Å². The van der Waals surface area contributed by atoms with Gasteiger partial charge in [0.2, 0.25) is 0 Å². The molecule has 0 aliphatic rings. The number of benzene rings is 1. The molecule has 0 nitrogen and oxygen atoms in total. The monoisotopic (exact) mass is 268 g/mol. The Hall–Kier alpha value is -0.273. The molecule has 1 atom stereocenters. The van der Waals surface area contributed by atoms with Crippen molar-refractivity contribution >= 4 is 24.9 Å². The Labute approximate surface area is 112 Å². The molecule has 0 aromatic heterocycles. The van der Waals surface area contributed by atoms with Crippen molar-refractivity contribution in [3.63, 3.8) is 0 Å². The van der Waals surface area contributed by atoms with Gasteiger partial charge in [0.25, 0.3) is 0 Å². The molecule has 0 saturated carbocycles. The highest BCUT2D eigenvalue weighted by Crippen LogP contribution is 2.30. The fraction of sp³-hybridized carbons (Fsp3) is 0.600. The van der Waals surface area contributed by atoms with Gasteiger partial charge in [0, 0.05) is 5.88 Å². The van der Waals surface area contributed by atoms with E-state index in [1.165, 1.54) is 12.1 Å². The molecule has 1 unspecified atom stereocenters. The molecule has 0 amide bonds. The molecule has 1 aromatic carbocycles. The van der Waals surface area contributed by atoms with E-state index in [-0.39, 0.29) is 0 Å². The number of alkyl halides is 1. The van der Waals surface area contributed by atoms with Crippen LogP contribution in [-0.2, 0) is 0 Å². The van der Waals surface area contributed by atoms with Gasteiger partial charge in [-0.1, -0.05) is 68.9 Å². The summed E-state index contributed by atoms with van der Waals surface area (Å²) in [6, 6.07) is 13.7. The van der Waals surface area contributed by atoms with Crippen molar-refractivity contribution in [1.29, 1.82) is 0 Å². The van der Waals surface area contributed by atoms with Crippen molar-refractivity contribution in [2.75, 3.05) is 5.88 Å². The fourth-order valence-corrected chi connectivity index (χ4v) is 8.13. The highest BCUT2D eigenvalue weighted by Gasteiger charge is 2.33. The molecule has 0 aliphatic carbocycles. The van der Waals surface area contributed by atoms with Crippen LogP contribution in [-0.4, -0.2) is 14.0 Å². The second kappa shape index (κ2) is 6.06. The summed E-state index contributed by atoms with van der Waals surface area (Å²) in [5, 5.41) is 1.58. The zero-order valence-electron chi connectivity index (χ0n) is 11.6. The van der Waals surface area contributed by atoms with E-state index in [1.807, 2.05) is 0 Å². The average molecular weight is 269 g/mol. The maximum Gasteiger partial charge on any atom is 0.0842 e. The first kappa shape index (κ1) is 14.8. The number of rotatable bonds is 5. The second-order valence-electron chi connectivity index (χ2n) is 6.46. The molecule has 0 aliphatic heterocycles. The zero-order valence-corrected chi connectivity index (χ0v) is 13.3. The van der Waals surface area contributed by atoms with Crippen LogP contribution in [0.25, 0.3) is 0 Å². The Balaban J connectivity index is 2.93. The second-order valence-corrected chi connectivity index (χ2v) is 11.4. The van der Waals surface area contributed by atoms with Crippen molar-refractivity contribution < 1.29 is 0 Å². The summed E-state index contributed by atoms with van der Waals surface area (Å²) in [6.07, 6.45) is 1.15. The number of halogens is 1. The molecule has 0 N–H and O–H groups in total. The molecule has 0 heterocycles. The first-order chi connectivity index (χ1) is 7.87. The van der Waals surface area contributed by atoms with E-state index >= 15 is 0 Å². The van der Waals surface area contributed by atoms with Gasteiger partial charge in [-0.2, -0.15) is 0 Å². The zero-order chi connectivity index (χ0) is 12.9. The summed E-state index contributed by atoms with van der Waals surface area (Å²) in [4.78, 5) is 0. The molecule has 0 radical (unpaired) electrons. The third-order valence-corrected chi connectivity index (χ3v) is 8.55. The van der Waals surface area contributed by atoms with E-state index in [2.05, 4.69) is 57.7 Å². The third kappa shape index (κ3) is 4.85. The van der Waals surface area contributed by atoms with Gasteiger partial charge in [0.05, 0.1) is 8.07 Å². The van der Waals surface area contributed by atoms with Gasteiger partial charge < -0.3 is 0 Å². The normalized spacial score (nSPS) is 15.6. The van der Waals surface area contributed by atoms with Gasteiger partial charge in [-0.15, -0.1) is 11.6 Å². The lowest BCUT2D eigenvalue weighted by molar-refractivity contribution is 0.461. The standard InChI is InChI=1S/C15H25ClSi/c1-15(2,3)13-17(4,12-8-11-16)14-9-6-5-7-10-14/h5-7,9-10H,8,11-13H2,1-4H3. The smallest absolute Gasteiger partial charge is 0.0842 e. The summed E-state index contributed by atoms with van der Waals surface area (Å²) in [7, 11) is -1.37. The van der Waals surface area contributed by atoms with Gasteiger partial charge in [-0.05, 0) is 17.9 Å². The molecule has 0 fully saturated rings. The molecule has 0 bridgehead atoms. The van der Waals surface area contributed by atoms with E-state index in [0.717, 1.165) is 12.3 Å². The van der Waals surface area contributed by atoms with Crippen LogP contribution in [0.3, 0.4) is 0 Å². The van der Waals surface area contributed by atoms with Gasteiger partial charge in [0.1, 0.15) is 0 Å². The maximum atomic E-state index is 5.89. The predicted octanol–water partition coefficient (Wildman–Crippen LogP) is 4.65. The summed E-state index contributed by atoms with van der Waals surface area (Å²) in [5.41, 5.74) is 0.406. The Morgan fingerprint density at radius 1 is 1.12 bits per heavy atom. The Morgan fingerprint density at radius 3 is 2.18 bits per heavy atom. The number of hydrogen-bond acceptors (Lipinski definition) is 0. The maximum absolute atomic E-state index is 5.89. The Bertz CT molecular complexity index is 329. The molecular weight excluding hydrogens is 244 g/mol. The molecule has 0 spiro atoms. The van der Waals surface area contributed by atoms with Crippen LogP contribution in [0.1, 0.15) is 27.2 Å². The lowest BCUT2D eigenvalue weighted by Gasteiger charge is -2.34. The molecule has 0 saturated heterocycles. The van der Waals surface area contributed by atoms with E-state index in [1.54, 1.807) is 5.19 Å². The molecule has 96 valence electrons. The first-order valence-corrected chi connectivity index (χ1v) is 9.94. The topological polar surface area (TPSA) is 0 Å². The van der Waals surface area contributed by atoms with Crippen molar-refractivity contribution in [2.24, 2.45) is 5.41 Å². The van der Waals surface area contributed by atoms with E-state index in [9.17, 15) is 0 Å². The average Bonchev–Trinajstić information content (AvgIpc) is 2.25. The van der Waals surface area contributed by atoms with Crippen LogP contribution in [0, 0.1) is 5.41 Å². The molecule has 1 aromatic rings. The lowest BCUT2D eigenvalue weighted by Crippen LogP contribution is -2.47. The minimum atomic E-state index is -1.37. The van der Waals surface area contributed by atoms with Crippen LogP contribution < -0.4 is 5.19 Å². The predicted molar refractivity (Wildman–Crippen MR) is 82.1 cm³/mol. The van der Waals surface area contributed by atoms with Crippen molar-refractivity contribution in [3.05, 3.63) is 30.3 Å². The highest BCUT2D eigenvalue weighted by molar-refractivity contribution is 6.91. The summed E-state index contributed by atoms with van der Waals surface area (Å²) in [6.45, 7) is 9.56. The van der Waals surface area contributed by atoms with Crippen molar-refractivity contribution in [1.82, 2.24) is 0 Å². The van der Waals surface area contributed by atoms with Gasteiger partial charge in [-0.25, -0.2) is 0 Å². The minimum absolute atomic E-state index is 0.406. The SMILES string of the molecule is CC(C)(C)C[Si](C)(CCCCl)c1ccccc1. The van der Waals surface area contributed by atoms with Crippen LogP contribution in [0.15, 0.2) is 30.3 Å². The quantitative estimate of drug-likeness (QED) is 0.539. The fourth-order valence-electron chi connectivity index (χ4n) is 2.80. The van der Waals surface area contributed by atoms with E-state index in [4.69, 9.17) is 11.6 Å². The van der Waals surface area contributed by atoms with E-state index < -0.39 is 8.07 Å². The van der Waals surface area contributed by atoms with Crippen molar-refractivity contribution in [3.8, 4) is 0 Å². The molecule has 1 rings (SSSR count).